The fourth-order valence-corrected chi connectivity index (χ4v) is 3.01. The van der Waals surface area contributed by atoms with Crippen molar-refractivity contribution in [3.63, 3.8) is 0 Å². The molecule has 2 heterocycles. The molecule has 1 amide bonds. The number of amides is 1. The molecule has 0 saturated heterocycles. The number of hydrogen-bond acceptors (Lipinski definition) is 7. The zero-order valence-corrected chi connectivity index (χ0v) is 14.1. The van der Waals surface area contributed by atoms with Gasteiger partial charge in [0, 0.05) is 18.3 Å². The summed E-state index contributed by atoms with van der Waals surface area (Å²) >= 11 is 0. The number of nitrogens with two attached hydrogens (primary N) is 1. The van der Waals surface area contributed by atoms with Gasteiger partial charge in [0.1, 0.15) is 23.7 Å². The van der Waals surface area contributed by atoms with Crippen LogP contribution in [0.3, 0.4) is 0 Å². The van der Waals surface area contributed by atoms with E-state index in [-0.39, 0.29) is 17.1 Å². The molecule has 1 saturated carbocycles. The van der Waals surface area contributed by atoms with E-state index in [1.54, 1.807) is 6.07 Å². The molecular weight excluding hydrogens is 320 g/mol. The van der Waals surface area contributed by atoms with Crippen molar-refractivity contribution in [1.29, 1.82) is 5.41 Å². The van der Waals surface area contributed by atoms with Gasteiger partial charge in [-0.25, -0.2) is 9.97 Å². The van der Waals surface area contributed by atoms with Gasteiger partial charge in [0.15, 0.2) is 5.82 Å². The average molecular weight is 342 g/mol. The number of H-pyrrole nitrogens is 1. The standard InChI is InChI=1S/C16H22N8O/c1-9-6-11(24-23-9)22-16(25)13(17)12-14(18)20-8-21-15(12)19-7-10-4-2-3-5-10/h6,8,10,17H,2-5,7H2,1H3,(H3,18,19,20,21)(H2,22,23,24,25). The van der Waals surface area contributed by atoms with Crippen molar-refractivity contribution in [1.82, 2.24) is 20.2 Å². The van der Waals surface area contributed by atoms with E-state index in [0.717, 1.165) is 12.2 Å². The first-order chi connectivity index (χ1) is 12.0. The Morgan fingerprint density at radius 2 is 2.16 bits per heavy atom. The van der Waals surface area contributed by atoms with Crippen molar-refractivity contribution >= 4 is 29.1 Å². The lowest BCUT2D eigenvalue weighted by atomic mass is 10.1. The molecule has 0 spiro atoms. The molecule has 25 heavy (non-hydrogen) atoms. The smallest absolute Gasteiger partial charge is 0.275 e. The third kappa shape index (κ3) is 3.93. The van der Waals surface area contributed by atoms with Crippen LogP contribution in [-0.4, -0.2) is 38.3 Å². The molecule has 2 aromatic heterocycles. The topological polar surface area (TPSA) is 145 Å². The maximum Gasteiger partial charge on any atom is 0.275 e. The summed E-state index contributed by atoms with van der Waals surface area (Å²) in [6.45, 7) is 2.57. The van der Waals surface area contributed by atoms with E-state index in [1.165, 1.54) is 32.0 Å². The molecule has 2 aromatic rings. The van der Waals surface area contributed by atoms with Gasteiger partial charge < -0.3 is 16.4 Å². The van der Waals surface area contributed by atoms with Crippen LogP contribution in [0.1, 0.15) is 36.9 Å². The van der Waals surface area contributed by atoms with Crippen molar-refractivity contribution < 1.29 is 4.79 Å². The van der Waals surface area contributed by atoms with E-state index < -0.39 is 5.91 Å². The maximum atomic E-state index is 12.4. The predicted molar refractivity (Wildman–Crippen MR) is 95.7 cm³/mol. The number of hydrogen-bond donors (Lipinski definition) is 5. The molecule has 6 N–H and O–H groups in total. The highest BCUT2D eigenvalue weighted by molar-refractivity contribution is 6.49. The van der Waals surface area contributed by atoms with Gasteiger partial charge in [0.25, 0.3) is 5.91 Å². The molecule has 132 valence electrons. The van der Waals surface area contributed by atoms with Crippen molar-refractivity contribution in [2.45, 2.75) is 32.6 Å². The first-order valence-corrected chi connectivity index (χ1v) is 8.31. The van der Waals surface area contributed by atoms with Gasteiger partial charge in [-0.05, 0) is 25.7 Å². The molecule has 1 fully saturated rings. The monoisotopic (exact) mass is 342 g/mol. The summed E-state index contributed by atoms with van der Waals surface area (Å²) in [6, 6.07) is 1.68. The van der Waals surface area contributed by atoms with Crippen LogP contribution in [0, 0.1) is 18.3 Å². The van der Waals surface area contributed by atoms with Crippen molar-refractivity contribution in [2.75, 3.05) is 22.9 Å². The number of rotatable bonds is 6. The predicted octanol–water partition coefficient (Wildman–Crippen LogP) is 1.70. The first kappa shape index (κ1) is 16.9. The third-order valence-corrected chi connectivity index (χ3v) is 4.33. The lowest BCUT2D eigenvalue weighted by Crippen LogP contribution is -2.26. The Kier molecular flexibility index (Phi) is 4.92. The molecule has 1 aliphatic rings. The van der Waals surface area contributed by atoms with Crippen LogP contribution >= 0.6 is 0 Å². The van der Waals surface area contributed by atoms with Gasteiger partial charge in [-0.3, -0.25) is 15.3 Å². The summed E-state index contributed by atoms with van der Waals surface area (Å²) in [5.41, 5.74) is 6.63. The molecule has 0 aliphatic heterocycles. The van der Waals surface area contributed by atoms with Crippen molar-refractivity contribution in [3.05, 3.63) is 23.7 Å². The molecule has 9 heteroatoms. The summed E-state index contributed by atoms with van der Waals surface area (Å²) in [5.74, 6) is 0.833. The minimum absolute atomic E-state index is 0.0993. The summed E-state index contributed by atoms with van der Waals surface area (Å²) in [7, 11) is 0. The van der Waals surface area contributed by atoms with Crippen LogP contribution in [0.25, 0.3) is 0 Å². The Hall–Kier alpha value is -2.97. The number of aryl methyl sites for hydroxylation is 1. The Bertz CT molecular complexity index is 778. The van der Waals surface area contributed by atoms with E-state index in [9.17, 15) is 4.79 Å². The first-order valence-electron chi connectivity index (χ1n) is 8.31. The number of aromatic amines is 1. The molecule has 0 unspecified atom stereocenters. The highest BCUT2D eigenvalue weighted by Crippen LogP contribution is 2.26. The zero-order valence-electron chi connectivity index (χ0n) is 14.1. The maximum absolute atomic E-state index is 12.4. The van der Waals surface area contributed by atoms with Crippen LogP contribution in [0.5, 0.6) is 0 Å². The number of carbonyl (C=O) groups excluding carboxylic acids is 1. The van der Waals surface area contributed by atoms with E-state index in [4.69, 9.17) is 11.1 Å². The molecule has 0 atom stereocenters. The van der Waals surface area contributed by atoms with Crippen LogP contribution in [0.15, 0.2) is 12.4 Å². The Labute approximate surface area is 145 Å². The fourth-order valence-electron chi connectivity index (χ4n) is 3.01. The van der Waals surface area contributed by atoms with Crippen LogP contribution in [0.2, 0.25) is 0 Å². The molecule has 0 aromatic carbocycles. The van der Waals surface area contributed by atoms with Gasteiger partial charge in [0.05, 0.1) is 5.56 Å². The lowest BCUT2D eigenvalue weighted by Gasteiger charge is -2.15. The second-order valence-electron chi connectivity index (χ2n) is 6.28. The second kappa shape index (κ2) is 7.29. The highest BCUT2D eigenvalue weighted by Gasteiger charge is 2.22. The molecule has 1 aliphatic carbocycles. The van der Waals surface area contributed by atoms with Gasteiger partial charge in [-0.1, -0.05) is 12.8 Å². The normalized spacial score (nSPS) is 14.4. The second-order valence-corrected chi connectivity index (χ2v) is 6.28. The van der Waals surface area contributed by atoms with Gasteiger partial charge >= 0.3 is 0 Å². The van der Waals surface area contributed by atoms with E-state index in [1.807, 2.05) is 6.92 Å². The third-order valence-electron chi connectivity index (χ3n) is 4.33. The van der Waals surface area contributed by atoms with Gasteiger partial charge in [0.2, 0.25) is 0 Å². The van der Waals surface area contributed by atoms with Crippen LogP contribution < -0.4 is 16.4 Å². The molecule has 9 nitrogen and oxygen atoms in total. The number of aromatic nitrogens is 4. The van der Waals surface area contributed by atoms with Gasteiger partial charge in [-0.15, -0.1) is 0 Å². The summed E-state index contributed by atoms with van der Waals surface area (Å²) < 4.78 is 0. The summed E-state index contributed by atoms with van der Waals surface area (Å²) in [6.07, 6.45) is 6.18. The van der Waals surface area contributed by atoms with E-state index >= 15 is 0 Å². The van der Waals surface area contributed by atoms with Crippen molar-refractivity contribution in [3.8, 4) is 0 Å². The molecule has 0 radical (unpaired) electrons. The minimum Gasteiger partial charge on any atom is -0.383 e. The number of carbonyl (C=O) groups is 1. The SMILES string of the molecule is Cc1cc(NC(=O)C(=N)c2c(N)ncnc2NCC2CCCC2)n[nH]1. The fraction of sp³-hybridized carbons (Fsp3) is 0.438. The van der Waals surface area contributed by atoms with Gasteiger partial charge in [-0.2, -0.15) is 5.10 Å². The number of nitrogens with one attached hydrogen (secondary N) is 4. The summed E-state index contributed by atoms with van der Waals surface area (Å²) in [5, 5.41) is 20.7. The largest absolute Gasteiger partial charge is 0.383 e. The Balaban J connectivity index is 1.74. The molecule has 3 rings (SSSR count). The zero-order chi connectivity index (χ0) is 17.8. The Morgan fingerprint density at radius 1 is 1.40 bits per heavy atom. The number of nitrogen functional groups attached to an aromatic ring is 1. The van der Waals surface area contributed by atoms with Crippen LogP contribution in [-0.2, 0) is 4.79 Å². The lowest BCUT2D eigenvalue weighted by molar-refractivity contribution is -0.110. The number of nitrogens with zero attached hydrogens (tertiary/aromatic N) is 3. The average Bonchev–Trinajstić information content (AvgIpc) is 3.24. The Morgan fingerprint density at radius 3 is 2.84 bits per heavy atom. The molecule has 0 bridgehead atoms. The van der Waals surface area contributed by atoms with Crippen LogP contribution in [0.4, 0.5) is 17.5 Å². The quantitative estimate of drug-likeness (QED) is 0.505. The van der Waals surface area contributed by atoms with E-state index in [0.29, 0.717) is 17.6 Å². The minimum atomic E-state index is -0.614. The summed E-state index contributed by atoms with van der Waals surface area (Å²) in [4.78, 5) is 20.4. The van der Waals surface area contributed by atoms with E-state index in [2.05, 4.69) is 30.8 Å². The highest BCUT2D eigenvalue weighted by atomic mass is 16.1. The number of anilines is 3. The molecular formula is C16H22N8O. The van der Waals surface area contributed by atoms with Crippen molar-refractivity contribution in [2.24, 2.45) is 5.92 Å².